The van der Waals surface area contributed by atoms with Crippen LogP contribution in [0.1, 0.15) is 32.7 Å². The topological polar surface area (TPSA) is 70.1 Å². The van der Waals surface area contributed by atoms with Crippen molar-refractivity contribution < 1.29 is 4.79 Å². The summed E-state index contributed by atoms with van der Waals surface area (Å²) in [5, 5.41) is 11.0. The van der Waals surface area contributed by atoms with Gasteiger partial charge in [-0.15, -0.1) is 0 Å². The molecule has 5 heteroatoms. The minimum absolute atomic E-state index is 0.328. The van der Waals surface area contributed by atoms with Crippen LogP contribution in [0.4, 0.5) is 0 Å². The number of rotatable bonds is 4. The molecule has 0 atom stereocenters. The summed E-state index contributed by atoms with van der Waals surface area (Å²) < 4.78 is 0. The van der Waals surface area contributed by atoms with E-state index in [1.165, 1.54) is 16.7 Å². The highest BCUT2D eigenvalue weighted by Gasteiger charge is 2.10. The molecule has 0 aliphatic rings. The Balaban J connectivity index is 1.68. The highest BCUT2D eigenvalue weighted by atomic mass is 16.2. The lowest BCUT2D eigenvalue weighted by molar-refractivity contribution is 0.0950. The van der Waals surface area contributed by atoms with Crippen LogP contribution in [0.15, 0.2) is 53.6 Å². The first-order valence-electron chi connectivity index (χ1n) is 8.06. The molecular formula is C20H20N4O. The third kappa shape index (κ3) is 4.01. The quantitative estimate of drug-likeness (QED) is 0.564. The Kier molecular flexibility index (Phi) is 4.75. The monoisotopic (exact) mass is 332 g/mol. The summed E-state index contributed by atoms with van der Waals surface area (Å²) in [6.45, 7) is 6.14. The Morgan fingerprint density at radius 3 is 2.52 bits per heavy atom. The van der Waals surface area contributed by atoms with Crippen molar-refractivity contribution in [2.75, 3.05) is 0 Å². The van der Waals surface area contributed by atoms with Crippen molar-refractivity contribution in [2.45, 2.75) is 20.8 Å². The fraction of sp³-hybridized carbons (Fsp3) is 0.150. The molecule has 126 valence electrons. The molecule has 1 amide bonds. The van der Waals surface area contributed by atoms with E-state index in [0.717, 1.165) is 16.8 Å². The van der Waals surface area contributed by atoms with Crippen molar-refractivity contribution in [2.24, 2.45) is 5.10 Å². The number of aromatic nitrogens is 2. The van der Waals surface area contributed by atoms with Crippen molar-refractivity contribution in [3.63, 3.8) is 0 Å². The molecule has 1 aromatic heterocycles. The van der Waals surface area contributed by atoms with E-state index >= 15 is 0 Å². The normalized spacial score (nSPS) is 11.0. The van der Waals surface area contributed by atoms with Crippen molar-refractivity contribution in [1.82, 2.24) is 15.6 Å². The molecule has 0 saturated heterocycles. The number of nitrogens with zero attached hydrogens (tertiary/aromatic N) is 2. The number of hydrogen-bond acceptors (Lipinski definition) is 3. The van der Waals surface area contributed by atoms with Gasteiger partial charge >= 0.3 is 0 Å². The molecule has 25 heavy (non-hydrogen) atoms. The van der Waals surface area contributed by atoms with Crippen LogP contribution in [-0.4, -0.2) is 22.3 Å². The van der Waals surface area contributed by atoms with Gasteiger partial charge in [-0.05, 0) is 49.6 Å². The number of hydrazone groups is 1. The zero-order valence-electron chi connectivity index (χ0n) is 14.5. The second-order valence-corrected chi connectivity index (χ2v) is 6.08. The maximum atomic E-state index is 12.2. The van der Waals surface area contributed by atoms with Crippen molar-refractivity contribution >= 4 is 12.1 Å². The predicted octanol–water partition coefficient (Wildman–Crippen LogP) is 3.77. The first-order valence-corrected chi connectivity index (χ1v) is 8.06. The van der Waals surface area contributed by atoms with Gasteiger partial charge in [0, 0.05) is 5.56 Å². The van der Waals surface area contributed by atoms with Gasteiger partial charge in [0.25, 0.3) is 5.91 Å². The van der Waals surface area contributed by atoms with Crippen LogP contribution in [0.5, 0.6) is 0 Å². The zero-order valence-corrected chi connectivity index (χ0v) is 14.5. The number of nitrogens with one attached hydrogen (secondary N) is 2. The van der Waals surface area contributed by atoms with Gasteiger partial charge in [0.2, 0.25) is 0 Å². The highest BCUT2D eigenvalue weighted by Crippen LogP contribution is 2.20. The lowest BCUT2D eigenvalue weighted by atomic mass is 10.0. The van der Waals surface area contributed by atoms with E-state index in [-0.39, 0.29) is 5.91 Å². The van der Waals surface area contributed by atoms with E-state index in [1.807, 2.05) is 43.3 Å². The zero-order chi connectivity index (χ0) is 17.8. The maximum absolute atomic E-state index is 12.2. The Morgan fingerprint density at radius 1 is 1.04 bits per heavy atom. The lowest BCUT2D eigenvalue weighted by Gasteiger charge is -2.01. The van der Waals surface area contributed by atoms with Crippen LogP contribution in [0, 0.1) is 20.8 Å². The molecule has 5 nitrogen and oxygen atoms in total. The minimum atomic E-state index is -0.328. The van der Waals surface area contributed by atoms with E-state index in [0.29, 0.717) is 5.69 Å². The second-order valence-electron chi connectivity index (χ2n) is 6.08. The number of aryl methyl sites for hydroxylation is 3. The number of H-pyrrole nitrogens is 1. The summed E-state index contributed by atoms with van der Waals surface area (Å²) in [5.74, 6) is -0.328. The molecule has 0 bridgehead atoms. The summed E-state index contributed by atoms with van der Waals surface area (Å²) in [6.07, 6.45) is 1.61. The number of benzene rings is 2. The first kappa shape index (κ1) is 16.6. The molecular weight excluding hydrogens is 312 g/mol. The van der Waals surface area contributed by atoms with E-state index in [4.69, 9.17) is 0 Å². The number of carbonyl (C=O) groups excluding carboxylic acids is 1. The van der Waals surface area contributed by atoms with Gasteiger partial charge in [0.05, 0.1) is 11.9 Å². The molecule has 0 aliphatic heterocycles. The molecule has 2 aromatic carbocycles. The lowest BCUT2D eigenvalue weighted by Crippen LogP contribution is -2.17. The number of aromatic amines is 1. The number of amides is 1. The van der Waals surface area contributed by atoms with Gasteiger partial charge in [-0.2, -0.15) is 10.2 Å². The Labute approximate surface area is 146 Å². The molecule has 0 spiro atoms. The van der Waals surface area contributed by atoms with E-state index < -0.39 is 0 Å². The second kappa shape index (κ2) is 7.13. The van der Waals surface area contributed by atoms with Crippen molar-refractivity contribution in [3.05, 3.63) is 76.5 Å². The first-order chi connectivity index (χ1) is 12.0. The highest BCUT2D eigenvalue weighted by molar-refractivity contribution is 5.94. The number of carbonyl (C=O) groups is 1. The third-order valence-corrected chi connectivity index (χ3v) is 4.08. The van der Waals surface area contributed by atoms with E-state index in [9.17, 15) is 4.79 Å². The van der Waals surface area contributed by atoms with Crippen LogP contribution < -0.4 is 5.43 Å². The third-order valence-electron chi connectivity index (χ3n) is 4.08. The van der Waals surface area contributed by atoms with E-state index in [1.54, 1.807) is 12.3 Å². The average Bonchev–Trinajstić information content (AvgIpc) is 3.09. The fourth-order valence-electron chi connectivity index (χ4n) is 2.36. The van der Waals surface area contributed by atoms with Gasteiger partial charge in [-0.25, -0.2) is 5.43 Å². The summed E-state index contributed by atoms with van der Waals surface area (Å²) in [6, 6.07) is 15.7. The van der Waals surface area contributed by atoms with Crippen LogP contribution in [0.25, 0.3) is 11.3 Å². The SMILES string of the molecule is Cc1ccc(C=NNC(=O)c2cc(-c3ccc(C)c(C)c3)n[nH]2)cc1. The predicted molar refractivity (Wildman–Crippen MR) is 99.7 cm³/mol. The average molecular weight is 332 g/mol. The molecule has 1 heterocycles. The van der Waals surface area contributed by atoms with Gasteiger partial charge in [0.15, 0.2) is 0 Å². The molecule has 0 saturated carbocycles. The molecule has 3 rings (SSSR count). The largest absolute Gasteiger partial charge is 0.289 e. The van der Waals surface area contributed by atoms with Gasteiger partial charge < -0.3 is 0 Å². The fourth-order valence-corrected chi connectivity index (χ4v) is 2.36. The smallest absolute Gasteiger partial charge is 0.272 e. The van der Waals surface area contributed by atoms with Crippen LogP contribution in [0.2, 0.25) is 0 Å². The standard InChI is InChI=1S/C20H20N4O/c1-13-4-7-16(8-5-13)12-21-24-20(25)19-11-18(22-23-19)17-9-6-14(2)15(3)10-17/h4-12H,1-3H3,(H,22,23)(H,24,25). The summed E-state index contributed by atoms with van der Waals surface area (Å²) >= 11 is 0. The molecule has 2 N–H and O–H groups in total. The molecule has 0 radical (unpaired) electrons. The van der Waals surface area contributed by atoms with Crippen LogP contribution in [-0.2, 0) is 0 Å². The van der Waals surface area contributed by atoms with Gasteiger partial charge in [0.1, 0.15) is 5.69 Å². The minimum Gasteiger partial charge on any atom is -0.272 e. The van der Waals surface area contributed by atoms with Crippen LogP contribution >= 0.6 is 0 Å². The van der Waals surface area contributed by atoms with Gasteiger partial charge in [-0.1, -0.05) is 42.0 Å². The Hall–Kier alpha value is -3.21. The van der Waals surface area contributed by atoms with Crippen LogP contribution in [0.3, 0.4) is 0 Å². The number of hydrogen-bond donors (Lipinski definition) is 2. The molecule has 0 aliphatic carbocycles. The van der Waals surface area contributed by atoms with E-state index in [2.05, 4.69) is 40.6 Å². The molecule has 0 fully saturated rings. The van der Waals surface area contributed by atoms with Crippen molar-refractivity contribution in [1.29, 1.82) is 0 Å². The summed E-state index contributed by atoms with van der Waals surface area (Å²) in [7, 11) is 0. The summed E-state index contributed by atoms with van der Waals surface area (Å²) in [4.78, 5) is 12.2. The summed E-state index contributed by atoms with van der Waals surface area (Å²) in [5.41, 5.74) is 9.10. The molecule has 3 aromatic rings. The van der Waals surface area contributed by atoms with Crippen molar-refractivity contribution in [3.8, 4) is 11.3 Å². The Bertz CT molecular complexity index is 923. The van der Waals surface area contributed by atoms with Gasteiger partial charge in [-0.3, -0.25) is 9.89 Å². The Morgan fingerprint density at radius 2 is 1.80 bits per heavy atom. The maximum Gasteiger partial charge on any atom is 0.289 e. The molecule has 0 unspecified atom stereocenters.